The Morgan fingerprint density at radius 2 is 1.38 bits per heavy atom. The van der Waals surface area contributed by atoms with E-state index >= 15 is 0 Å². The second-order valence-corrected chi connectivity index (χ2v) is 12.3. The number of rotatable bonds is 10. The van der Waals surface area contributed by atoms with Crippen molar-refractivity contribution in [1.29, 1.82) is 0 Å². The predicted molar refractivity (Wildman–Crippen MR) is 186 cm³/mol. The van der Waals surface area contributed by atoms with E-state index in [1.807, 2.05) is 72.8 Å². The summed E-state index contributed by atoms with van der Waals surface area (Å²) in [5.74, 6) is -1.07. The number of anilines is 2. The molecular formula is C36H27BrClN3O3S. The second-order valence-electron chi connectivity index (χ2n) is 9.82. The summed E-state index contributed by atoms with van der Waals surface area (Å²) in [6, 6.07) is 39.8. The number of halogens is 2. The molecule has 6 nitrogen and oxygen atoms in total. The molecule has 0 spiro atoms. The Balaban J connectivity index is 1.32. The lowest BCUT2D eigenvalue weighted by Gasteiger charge is -2.18. The highest BCUT2D eigenvalue weighted by Gasteiger charge is 2.22. The maximum absolute atomic E-state index is 13.4. The number of hydrogen-bond acceptors (Lipinski definition) is 4. The molecular weight excluding hydrogens is 670 g/mol. The first-order chi connectivity index (χ1) is 21.8. The van der Waals surface area contributed by atoms with E-state index in [2.05, 4.69) is 31.9 Å². The maximum Gasteiger partial charge on any atom is 0.272 e. The number of benzene rings is 5. The lowest BCUT2D eigenvalue weighted by molar-refractivity contribution is -0.116. The second kappa shape index (κ2) is 15.4. The summed E-state index contributed by atoms with van der Waals surface area (Å²) >= 11 is 10.9. The van der Waals surface area contributed by atoms with Crippen LogP contribution in [-0.2, 0) is 9.59 Å². The summed E-state index contributed by atoms with van der Waals surface area (Å²) < 4.78 is 0.897. The zero-order valence-electron chi connectivity index (χ0n) is 23.7. The van der Waals surface area contributed by atoms with Gasteiger partial charge in [-0.2, -0.15) is 0 Å². The summed E-state index contributed by atoms with van der Waals surface area (Å²) in [5.41, 5.74) is 3.24. The lowest BCUT2D eigenvalue weighted by atomic mass is 10.1. The first-order valence-electron chi connectivity index (χ1n) is 13.9. The van der Waals surface area contributed by atoms with E-state index < -0.39 is 17.1 Å². The van der Waals surface area contributed by atoms with Crippen molar-refractivity contribution in [3.8, 4) is 0 Å². The van der Waals surface area contributed by atoms with Crippen molar-refractivity contribution < 1.29 is 14.4 Å². The van der Waals surface area contributed by atoms with Crippen molar-refractivity contribution in [2.75, 3.05) is 10.6 Å². The molecule has 0 saturated carbocycles. The highest BCUT2D eigenvalue weighted by Crippen LogP contribution is 2.37. The highest BCUT2D eigenvalue weighted by atomic mass is 79.9. The number of hydrogen-bond donors (Lipinski definition) is 3. The van der Waals surface area contributed by atoms with Crippen LogP contribution in [0.3, 0.4) is 0 Å². The summed E-state index contributed by atoms with van der Waals surface area (Å²) in [5, 5.41) is 8.57. The van der Waals surface area contributed by atoms with Gasteiger partial charge in [0, 0.05) is 31.3 Å². The molecule has 0 fully saturated rings. The van der Waals surface area contributed by atoms with Crippen LogP contribution in [0.2, 0.25) is 5.02 Å². The quantitative estimate of drug-likeness (QED) is 0.101. The summed E-state index contributed by atoms with van der Waals surface area (Å²) in [4.78, 5) is 40.6. The number of amides is 3. The van der Waals surface area contributed by atoms with E-state index in [0.717, 1.165) is 20.5 Å². The SMILES string of the molecule is O=C(Nc1ccc(SC(C(=O)Nc2cccc(Cl)c2)c2ccccc2)cc1)/C(=C/c1ccc(Br)cc1)NC(=O)c1ccccc1. The Labute approximate surface area is 279 Å². The molecule has 1 atom stereocenters. The number of carbonyl (C=O) groups excluding carboxylic acids is 3. The fraction of sp³-hybridized carbons (Fsp3) is 0.0278. The van der Waals surface area contributed by atoms with Crippen LogP contribution in [0.1, 0.15) is 26.7 Å². The molecule has 0 aliphatic carbocycles. The van der Waals surface area contributed by atoms with E-state index in [1.165, 1.54) is 11.8 Å². The molecule has 0 radical (unpaired) electrons. The third-order valence-corrected chi connectivity index (χ3v) is 8.54. The first-order valence-corrected chi connectivity index (χ1v) is 15.9. The van der Waals surface area contributed by atoms with Crippen molar-refractivity contribution in [3.63, 3.8) is 0 Å². The average Bonchev–Trinajstić information content (AvgIpc) is 3.05. The average molecular weight is 697 g/mol. The van der Waals surface area contributed by atoms with Crippen molar-refractivity contribution >= 4 is 74.5 Å². The Kier molecular flexibility index (Phi) is 10.9. The van der Waals surface area contributed by atoms with Crippen LogP contribution in [0.4, 0.5) is 11.4 Å². The van der Waals surface area contributed by atoms with Crippen LogP contribution in [0, 0.1) is 0 Å². The molecule has 0 heterocycles. The van der Waals surface area contributed by atoms with Crippen LogP contribution in [0.5, 0.6) is 0 Å². The van der Waals surface area contributed by atoms with Gasteiger partial charge in [-0.1, -0.05) is 94.3 Å². The minimum absolute atomic E-state index is 0.0893. The van der Waals surface area contributed by atoms with Gasteiger partial charge in [-0.25, -0.2) is 0 Å². The van der Waals surface area contributed by atoms with Gasteiger partial charge in [-0.15, -0.1) is 11.8 Å². The zero-order valence-corrected chi connectivity index (χ0v) is 26.9. The molecule has 5 aromatic carbocycles. The minimum Gasteiger partial charge on any atom is -0.325 e. The van der Waals surface area contributed by atoms with E-state index in [1.54, 1.807) is 66.7 Å². The summed E-state index contributed by atoms with van der Waals surface area (Å²) in [6.45, 7) is 0. The maximum atomic E-state index is 13.4. The summed E-state index contributed by atoms with van der Waals surface area (Å²) in [7, 11) is 0. The molecule has 45 heavy (non-hydrogen) atoms. The Bertz CT molecular complexity index is 1820. The van der Waals surface area contributed by atoms with Crippen LogP contribution < -0.4 is 16.0 Å². The molecule has 9 heteroatoms. The standard InChI is InChI=1S/C36H27BrClN3O3S/c37-27-16-14-24(15-17-27)22-32(41-34(42)26-10-5-2-6-11-26)35(43)39-29-18-20-31(21-19-29)45-33(25-8-3-1-4-9-25)36(44)40-30-13-7-12-28(38)23-30/h1-23,33H,(H,39,43)(H,40,44)(H,41,42)/b32-22-. The van der Waals surface area contributed by atoms with Gasteiger partial charge < -0.3 is 16.0 Å². The van der Waals surface area contributed by atoms with Crippen molar-refractivity contribution in [2.24, 2.45) is 0 Å². The predicted octanol–water partition coefficient (Wildman–Crippen LogP) is 8.98. The Morgan fingerprint density at radius 1 is 0.711 bits per heavy atom. The van der Waals surface area contributed by atoms with Crippen molar-refractivity contribution in [1.82, 2.24) is 5.32 Å². The van der Waals surface area contributed by atoms with Gasteiger partial charge in [0.2, 0.25) is 5.91 Å². The molecule has 1 unspecified atom stereocenters. The van der Waals surface area contributed by atoms with Gasteiger partial charge in [0.15, 0.2) is 0 Å². The Hall–Kier alpha value is -4.63. The molecule has 0 aromatic heterocycles. The van der Waals surface area contributed by atoms with Gasteiger partial charge in [-0.05, 0) is 83.9 Å². The van der Waals surface area contributed by atoms with E-state index in [4.69, 9.17) is 11.6 Å². The van der Waals surface area contributed by atoms with Gasteiger partial charge in [0.25, 0.3) is 11.8 Å². The first kappa shape index (κ1) is 31.8. The molecule has 0 aliphatic heterocycles. The van der Waals surface area contributed by atoms with Crippen molar-refractivity contribution in [3.05, 3.63) is 165 Å². The van der Waals surface area contributed by atoms with Gasteiger partial charge >= 0.3 is 0 Å². The van der Waals surface area contributed by atoms with Gasteiger partial charge in [0.05, 0.1) is 0 Å². The third-order valence-electron chi connectivity index (χ3n) is 6.51. The fourth-order valence-corrected chi connectivity index (χ4v) is 5.77. The third kappa shape index (κ3) is 9.18. The van der Waals surface area contributed by atoms with Crippen LogP contribution in [0.25, 0.3) is 6.08 Å². The molecule has 0 aliphatic rings. The lowest BCUT2D eigenvalue weighted by Crippen LogP contribution is -2.30. The smallest absolute Gasteiger partial charge is 0.272 e. The van der Waals surface area contributed by atoms with Crippen LogP contribution in [0.15, 0.2) is 149 Å². The fourth-order valence-electron chi connectivity index (χ4n) is 4.29. The topological polar surface area (TPSA) is 87.3 Å². The summed E-state index contributed by atoms with van der Waals surface area (Å²) in [6.07, 6.45) is 1.62. The molecule has 5 rings (SSSR count). The number of carbonyl (C=O) groups is 3. The minimum atomic E-state index is -0.542. The Morgan fingerprint density at radius 3 is 2.04 bits per heavy atom. The molecule has 0 bridgehead atoms. The van der Waals surface area contributed by atoms with Crippen LogP contribution >= 0.6 is 39.3 Å². The normalized spacial score (nSPS) is 11.7. The molecule has 3 N–H and O–H groups in total. The van der Waals surface area contributed by atoms with Gasteiger partial charge in [0.1, 0.15) is 10.9 Å². The highest BCUT2D eigenvalue weighted by molar-refractivity contribution is 9.10. The number of nitrogens with one attached hydrogen (secondary N) is 3. The zero-order chi connectivity index (χ0) is 31.6. The largest absolute Gasteiger partial charge is 0.325 e. The van der Waals surface area contributed by atoms with E-state index in [-0.39, 0.29) is 11.6 Å². The van der Waals surface area contributed by atoms with Crippen molar-refractivity contribution in [2.45, 2.75) is 10.1 Å². The van der Waals surface area contributed by atoms with E-state index in [9.17, 15) is 14.4 Å². The molecule has 5 aromatic rings. The van der Waals surface area contributed by atoms with Crippen LogP contribution in [-0.4, -0.2) is 17.7 Å². The monoisotopic (exact) mass is 695 g/mol. The van der Waals surface area contributed by atoms with E-state index in [0.29, 0.717) is 22.0 Å². The van der Waals surface area contributed by atoms with Gasteiger partial charge in [-0.3, -0.25) is 14.4 Å². The molecule has 224 valence electrons. The molecule has 0 saturated heterocycles. The molecule has 3 amide bonds. The number of thioether (sulfide) groups is 1.